The van der Waals surface area contributed by atoms with Crippen molar-refractivity contribution in [2.75, 3.05) is 7.11 Å². The number of rotatable bonds is 5. The first-order valence-electron chi connectivity index (χ1n) is 4.11. The van der Waals surface area contributed by atoms with Crippen LogP contribution in [0, 0.1) is 0 Å². The van der Waals surface area contributed by atoms with E-state index in [-0.39, 0.29) is 6.42 Å². The lowest BCUT2D eigenvalue weighted by molar-refractivity contribution is -0.214. The summed E-state index contributed by atoms with van der Waals surface area (Å²) >= 11 is 0. The Labute approximate surface area is 70.9 Å². The van der Waals surface area contributed by atoms with E-state index in [1.807, 2.05) is 6.92 Å². The zero-order valence-electron chi connectivity index (χ0n) is 7.45. The molecule has 0 fully saturated rings. The molecule has 0 N–H and O–H groups in total. The van der Waals surface area contributed by atoms with Gasteiger partial charge in [0.05, 0.1) is 0 Å². The third-order valence-electron chi connectivity index (χ3n) is 1.72. The van der Waals surface area contributed by atoms with Gasteiger partial charge in [0.1, 0.15) is 0 Å². The quantitative estimate of drug-likeness (QED) is 0.596. The molecule has 0 aromatic rings. The average Bonchev–Trinajstić information content (AvgIpc) is 1.95. The van der Waals surface area contributed by atoms with Gasteiger partial charge in [-0.2, -0.15) is 13.2 Å². The second kappa shape index (κ2) is 5.41. The van der Waals surface area contributed by atoms with Gasteiger partial charge in [-0.15, -0.1) is 0 Å². The van der Waals surface area contributed by atoms with Crippen LogP contribution in [0.3, 0.4) is 0 Å². The van der Waals surface area contributed by atoms with E-state index in [4.69, 9.17) is 0 Å². The summed E-state index contributed by atoms with van der Waals surface area (Å²) < 4.78 is 40.4. The van der Waals surface area contributed by atoms with Crippen molar-refractivity contribution in [1.82, 2.24) is 0 Å². The Morgan fingerprint density at radius 3 is 2.17 bits per heavy atom. The lowest BCUT2D eigenvalue weighted by Crippen LogP contribution is -2.30. The SMILES string of the molecule is CCCCCC(OC)C(F)(F)F. The smallest absolute Gasteiger partial charge is 0.372 e. The predicted molar refractivity (Wildman–Crippen MR) is 41.0 cm³/mol. The zero-order chi connectivity index (χ0) is 9.61. The number of hydrogen-bond acceptors (Lipinski definition) is 1. The second-order valence-corrected chi connectivity index (χ2v) is 2.76. The second-order valence-electron chi connectivity index (χ2n) is 2.76. The van der Waals surface area contributed by atoms with Crippen LogP contribution < -0.4 is 0 Å². The molecule has 0 radical (unpaired) electrons. The van der Waals surface area contributed by atoms with Crippen LogP contribution in [0.2, 0.25) is 0 Å². The van der Waals surface area contributed by atoms with E-state index in [1.54, 1.807) is 0 Å². The molecular weight excluding hydrogens is 169 g/mol. The molecule has 1 atom stereocenters. The minimum absolute atomic E-state index is 0.0772. The monoisotopic (exact) mass is 184 g/mol. The van der Waals surface area contributed by atoms with Gasteiger partial charge in [0.2, 0.25) is 0 Å². The van der Waals surface area contributed by atoms with Crippen molar-refractivity contribution in [1.29, 1.82) is 0 Å². The van der Waals surface area contributed by atoms with E-state index in [2.05, 4.69) is 4.74 Å². The first kappa shape index (κ1) is 11.8. The van der Waals surface area contributed by atoms with E-state index in [0.717, 1.165) is 20.0 Å². The molecule has 0 saturated carbocycles. The zero-order valence-corrected chi connectivity index (χ0v) is 7.45. The fourth-order valence-corrected chi connectivity index (χ4v) is 0.995. The van der Waals surface area contributed by atoms with Crippen LogP contribution in [0.25, 0.3) is 0 Å². The molecule has 0 aliphatic carbocycles. The number of methoxy groups -OCH3 is 1. The average molecular weight is 184 g/mol. The van der Waals surface area contributed by atoms with E-state index in [1.165, 1.54) is 0 Å². The Morgan fingerprint density at radius 1 is 1.25 bits per heavy atom. The van der Waals surface area contributed by atoms with Crippen molar-refractivity contribution in [3.05, 3.63) is 0 Å². The van der Waals surface area contributed by atoms with Gasteiger partial charge in [-0.3, -0.25) is 0 Å². The summed E-state index contributed by atoms with van der Waals surface area (Å²) in [5, 5.41) is 0. The number of alkyl halides is 3. The molecule has 1 unspecified atom stereocenters. The van der Waals surface area contributed by atoms with Crippen molar-refractivity contribution < 1.29 is 17.9 Å². The lowest BCUT2D eigenvalue weighted by atomic mass is 10.1. The van der Waals surface area contributed by atoms with Gasteiger partial charge in [-0.25, -0.2) is 0 Å². The topological polar surface area (TPSA) is 9.23 Å². The molecule has 4 heteroatoms. The highest BCUT2D eigenvalue weighted by atomic mass is 19.4. The van der Waals surface area contributed by atoms with Gasteiger partial charge >= 0.3 is 6.18 Å². The summed E-state index contributed by atoms with van der Waals surface area (Å²) in [6.07, 6.45) is -3.38. The molecule has 0 aliphatic rings. The van der Waals surface area contributed by atoms with Gasteiger partial charge in [0, 0.05) is 7.11 Å². The number of hydrogen-bond donors (Lipinski definition) is 0. The third-order valence-corrected chi connectivity index (χ3v) is 1.72. The van der Waals surface area contributed by atoms with Crippen molar-refractivity contribution in [2.24, 2.45) is 0 Å². The van der Waals surface area contributed by atoms with Crippen LogP contribution in [-0.2, 0) is 4.74 Å². The summed E-state index contributed by atoms with van der Waals surface area (Å²) in [4.78, 5) is 0. The minimum Gasteiger partial charge on any atom is -0.372 e. The van der Waals surface area contributed by atoms with Crippen molar-refractivity contribution in [2.45, 2.75) is 44.9 Å². The largest absolute Gasteiger partial charge is 0.414 e. The number of halogens is 3. The maximum Gasteiger partial charge on any atom is 0.414 e. The highest BCUT2D eigenvalue weighted by Gasteiger charge is 2.39. The summed E-state index contributed by atoms with van der Waals surface area (Å²) in [6, 6.07) is 0. The molecule has 74 valence electrons. The van der Waals surface area contributed by atoms with Crippen LogP contribution in [0.4, 0.5) is 13.2 Å². The van der Waals surface area contributed by atoms with E-state index < -0.39 is 12.3 Å². The summed E-state index contributed by atoms with van der Waals surface area (Å²) in [5.41, 5.74) is 0. The van der Waals surface area contributed by atoms with Gasteiger partial charge in [-0.05, 0) is 6.42 Å². The van der Waals surface area contributed by atoms with Crippen molar-refractivity contribution in [3.63, 3.8) is 0 Å². The van der Waals surface area contributed by atoms with Crippen LogP contribution >= 0.6 is 0 Å². The van der Waals surface area contributed by atoms with Crippen molar-refractivity contribution in [3.8, 4) is 0 Å². The summed E-state index contributed by atoms with van der Waals surface area (Å²) in [6.45, 7) is 1.95. The molecule has 0 amide bonds. The first-order valence-corrected chi connectivity index (χ1v) is 4.11. The van der Waals surface area contributed by atoms with Crippen LogP contribution in [0.1, 0.15) is 32.6 Å². The molecule has 0 heterocycles. The van der Waals surface area contributed by atoms with E-state index in [0.29, 0.717) is 6.42 Å². The fourth-order valence-electron chi connectivity index (χ4n) is 0.995. The molecular formula is C8H15F3O. The Morgan fingerprint density at radius 2 is 1.83 bits per heavy atom. The minimum atomic E-state index is -4.21. The highest BCUT2D eigenvalue weighted by Crippen LogP contribution is 2.26. The lowest BCUT2D eigenvalue weighted by Gasteiger charge is -2.18. The van der Waals surface area contributed by atoms with Crippen molar-refractivity contribution >= 4 is 0 Å². The maximum absolute atomic E-state index is 12.0. The van der Waals surface area contributed by atoms with Gasteiger partial charge in [0.25, 0.3) is 0 Å². The van der Waals surface area contributed by atoms with Gasteiger partial charge < -0.3 is 4.74 Å². The fraction of sp³-hybridized carbons (Fsp3) is 1.00. The van der Waals surface area contributed by atoms with E-state index in [9.17, 15) is 13.2 Å². The maximum atomic E-state index is 12.0. The Balaban J connectivity index is 3.68. The molecule has 1 nitrogen and oxygen atoms in total. The highest BCUT2D eigenvalue weighted by molar-refractivity contribution is 4.66. The Hall–Kier alpha value is -0.250. The Kier molecular flexibility index (Phi) is 5.29. The summed E-state index contributed by atoms with van der Waals surface area (Å²) in [5.74, 6) is 0. The summed E-state index contributed by atoms with van der Waals surface area (Å²) in [7, 11) is 1.10. The molecule has 0 aromatic heterocycles. The standard InChI is InChI=1S/C8H15F3O/c1-3-4-5-6-7(12-2)8(9,10)11/h7H,3-6H2,1-2H3. The third kappa shape index (κ3) is 4.59. The molecule has 12 heavy (non-hydrogen) atoms. The van der Waals surface area contributed by atoms with Crippen LogP contribution in [-0.4, -0.2) is 19.4 Å². The normalized spacial score (nSPS) is 14.8. The molecule has 0 saturated heterocycles. The van der Waals surface area contributed by atoms with Crippen LogP contribution in [0.5, 0.6) is 0 Å². The molecule has 0 aromatic carbocycles. The first-order chi connectivity index (χ1) is 5.52. The predicted octanol–water partition coefficient (Wildman–Crippen LogP) is 3.14. The molecule has 0 aliphatic heterocycles. The molecule has 0 bridgehead atoms. The number of ether oxygens (including phenoxy) is 1. The Bertz CT molecular complexity index is 111. The molecule has 0 rings (SSSR count). The van der Waals surface area contributed by atoms with Crippen LogP contribution in [0.15, 0.2) is 0 Å². The van der Waals surface area contributed by atoms with E-state index >= 15 is 0 Å². The van der Waals surface area contributed by atoms with Gasteiger partial charge in [-0.1, -0.05) is 26.2 Å². The number of unbranched alkanes of at least 4 members (excludes halogenated alkanes) is 2. The molecule has 0 spiro atoms. The van der Waals surface area contributed by atoms with Gasteiger partial charge in [0.15, 0.2) is 6.10 Å².